The number of hydrogen-bond acceptors (Lipinski definition) is 5. The zero-order valence-corrected chi connectivity index (χ0v) is 10.1. The lowest BCUT2D eigenvalue weighted by molar-refractivity contribution is 0.428. The van der Waals surface area contributed by atoms with Crippen molar-refractivity contribution in [2.24, 2.45) is 0 Å². The Bertz CT molecular complexity index is 733. The second-order valence-electron chi connectivity index (χ2n) is 4.17. The summed E-state index contributed by atoms with van der Waals surface area (Å²) >= 11 is 0. The summed E-state index contributed by atoms with van der Waals surface area (Å²) in [7, 11) is 0. The minimum Gasteiger partial charge on any atom is -0.508 e. The summed E-state index contributed by atoms with van der Waals surface area (Å²) in [5.74, 6) is -0.128. The molecular weight excluding hydrogens is 263 g/mol. The van der Waals surface area contributed by atoms with Gasteiger partial charge in [-0.05, 0) is 36.4 Å². The highest BCUT2D eigenvalue weighted by Crippen LogP contribution is 2.28. The predicted molar refractivity (Wildman–Crippen MR) is 68.5 cm³/mol. The van der Waals surface area contributed by atoms with E-state index < -0.39 is 0 Å². The topological polar surface area (TPSA) is 79.4 Å². The Hall–Kier alpha value is -2.89. The predicted octanol–water partition coefficient (Wildman–Crippen LogP) is 2.95. The van der Waals surface area contributed by atoms with Gasteiger partial charge in [-0.3, -0.25) is 0 Å². The summed E-state index contributed by atoms with van der Waals surface area (Å²) in [4.78, 5) is 4.14. The Labute approximate surface area is 112 Å². The molecule has 6 heteroatoms. The molecule has 3 aromatic rings. The summed E-state index contributed by atoms with van der Waals surface area (Å²) in [6, 6.07) is 9.63. The molecule has 2 N–H and O–H groups in total. The lowest BCUT2D eigenvalue weighted by atomic mass is 10.2. The highest BCUT2D eigenvalue weighted by molar-refractivity contribution is 5.62. The van der Waals surface area contributed by atoms with E-state index in [0.717, 1.165) is 0 Å². The largest absolute Gasteiger partial charge is 0.508 e. The minimum absolute atomic E-state index is 0.110. The van der Waals surface area contributed by atoms with E-state index in [9.17, 15) is 14.6 Å². The number of aromatic nitrogens is 2. The molecule has 100 valence electrons. The van der Waals surface area contributed by atoms with Crippen LogP contribution >= 0.6 is 0 Å². The van der Waals surface area contributed by atoms with Crippen LogP contribution in [-0.2, 0) is 0 Å². The van der Waals surface area contributed by atoms with Crippen LogP contribution in [0.3, 0.4) is 0 Å². The molecular formula is C14H9FN2O3. The van der Waals surface area contributed by atoms with Gasteiger partial charge >= 0.3 is 0 Å². The molecule has 1 aromatic heterocycles. The number of phenols is 2. The van der Waals surface area contributed by atoms with E-state index in [1.807, 2.05) is 0 Å². The fraction of sp³-hybridized carbons (Fsp3) is 0. The van der Waals surface area contributed by atoms with Gasteiger partial charge in [0, 0.05) is 17.2 Å². The highest BCUT2D eigenvalue weighted by Gasteiger charge is 2.12. The van der Waals surface area contributed by atoms with Crippen molar-refractivity contribution in [3.05, 3.63) is 48.3 Å². The van der Waals surface area contributed by atoms with E-state index in [1.165, 1.54) is 42.5 Å². The Morgan fingerprint density at radius 2 is 1.55 bits per heavy atom. The third-order valence-corrected chi connectivity index (χ3v) is 2.68. The first-order valence-electron chi connectivity index (χ1n) is 5.75. The van der Waals surface area contributed by atoms with Gasteiger partial charge in [0.2, 0.25) is 5.82 Å². The quantitative estimate of drug-likeness (QED) is 0.749. The second-order valence-corrected chi connectivity index (χ2v) is 4.17. The monoisotopic (exact) mass is 272 g/mol. The van der Waals surface area contributed by atoms with E-state index in [0.29, 0.717) is 17.0 Å². The van der Waals surface area contributed by atoms with Crippen molar-refractivity contribution < 1.29 is 19.1 Å². The number of phenolic OH excluding ortho intramolecular Hbond substituents is 2. The highest BCUT2D eigenvalue weighted by atomic mass is 19.1. The fourth-order valence-corrected chi connectivity index (χ4v) is 1.78. The van der Waals surface area contributed by atoms with Crippen molar-refractivity contribution in [1.82, 2.24) is 10.1 Å². The number of hydrogen-bond donors (Lipinski definition) is 2. The molecule has 0 saturated heterocycles. The van der Waals surface area contributed by atoms with Crippen molar-refractivity contribution in [2.45, 2.75) is 0 Å². The van der Waals surface area contributed by atoms with Crippen molar-refractivity contribution in [3.63, 3.8) is 0 Å². The molecule has 0 amide bonds. The summed E-state index contributed by atoms with van der Waals surface area (Å²) < 4.78 is 17.9. The van der Waals surface area contributed by atoms with Gasteiger partial charge < -0.3 is 14.7 Å². The molecule has 3 rings (SSSR count). The molecule has 0 aliphatic heterocycles. The van der Waals surface area contributed by atoms with Gasteiger partial charge in [0.25, 0.3) is 5.89 Å². The van der Waals surface area contributed by atoms with Crippen LogP contribution in [0, 0.1) is 5.82 Å². The van der Waals surface area contributed by atoms with E-state index in [4.69, 9.17) is 4.52 Å². The minimum atomic E-state index is -0.352. The van der Waals surface area contributed by atoms with Crippen LogP contribution in [0.25, 0.3) is 22.8 Å². The first-order chi connectivity index (χ1) is 9.61. The summed E-state index contributed by atoms with van der Waals surface area (Å²) in [6.45, 7) is 0. The van der Waals surface area contributed by atoms with Gasteiger partial charge in [0.15, 0.2) is 0 Å². The van der Waals surface area contributed by atoms with Crippen LogP contribution in [0.15, 0.2) is 47.0 Å². The van der Waals surface area contributed by atoms with Crippen LogP contribution < -0.4 is 0 Å². The van der Waals surface area contributed by atoms with E-state index in [-0.39, 0.29) is 23.2 Å². The van der Waals surface area contributed by atoms with Gasteiger partial charge in [0.1, 0.15) is 17.3 Å². The van der Waals surface area contributed by atoms with Crippen molar-refractivity contribution >= 4 is 0 Å². The van der Waals surface area contributed by atoms with Gasteiger partial charge in [-0.1, -0.05) is 5.16 Å². The summed E-state index contributed by atoms with van der Waals surface area (Å²) in [5.41, 5.74) is 0.995. The molecule has 0 radical (unpaired) electrons. The van der Waals surface area contributed by atoms with Crippen LogP contribution in [0.5, 0.6) is 11.5 Å². The van der Waals surface area contributed by atoms with Crippen molar-refractivity contribution in [1.29, 1.82) is 0 Å². The van der Waals surface area contributed by atoms with Crippen LogP contribution in [0.4, 0.5) is 4.39 Å². The molecule has 20 heavy (non-hydrogen) atoms. The SMILES string of the molecule is Oc1cc(O)cc(-c2nc(-c3ccc(F)cc3)no2)c1. The maximum absolute atomic E-state index is 12.8. The molecule has 0 saturated carbocycles. The van der Waals surface area contributed by atoms with Gasteiger partial charge in [-0.15, -0.1) is 0 Å². The maximum Gasteiger partial charge on any atom is 0.258 e. The van der Waals surface area contributed by atoms with Crippen LogP contribution in [-0.4, -0.2) is 20.4 Å². The van der Waals surface area contributed by atoms with Gasteiger partial charge in [-0.25, -0.2) is 4.39 Å². The first-order valence-corrected chi connectivity index (χ1v) is 5.75. The molecule has 0 bridgehead atoms. The summed E-state index contributed by atoms with van der Waals surface area (Å²) in [5, 5.41) is 22.6. The average molecular weight is 272 g/mol. The summed E-state index contributed by atoms with van der Waals surface area (Å²) in [6.07, 6.45) is 0. The number of halogens is 1. The number of rotatable bonds is 2. The van der Waals surface area contributed by atoms with Crippen molar-refractivity contribution in [2.75, 3.05) is 0 Å². The Morgan fingerprint density at radius 1 is 0.900 bits per heavy atom. The molecule has 0 fully saturated rings. The molecule has 0 atom stereocenters. The van der Waals surface area contributed by atoms with E-state index in [2.05, 4.69) is 10.1 Å². The lowest BCUT2D eigenvalue weighted by Crippen LogP contribution is -1.82. The second kappa shape index (κ2) is 4.65. The third kappa shape index (κ3) is 2.31. The molecule has 0 aliphatic carbocycles. The first kappa shape index (κ1) is 12.2. The average Bonchev–Trinajstić information content (AvgIpc) is 2.88. The molecule has 2 aromatic carbocycles. The third-order valence-electron chi connectivity index (χ3n) is 2.68. The van der Waals surface area contributed by atoms with Gasteiger partial charge in [-0.2, -0.15) is 4.98 Å². The Kier molecular flexibility index (Phi) is 2.83. The number of benzene rings is 2. The zero-order valence-electron chi connectivity index (χ0n) is 10.1. The smallest absolute Gasteiger partial charge is 0.258 e. The fourth-order valence-electron chi connectivity index (χ4n) is 1.78. The number of nitrogens with zero attached hydrogens (tertiary/aromatic N) is 2. The molecule has 0 spiro atoms. The maximum atomic E-state index is 12.8. The van der Waals surface area contributed by atoms with Gasteiger partial charge in [0.05, 0.1) is 0 Å². The van der Waals surface area contributed by atoms with Crippen molar-refractivity contribution in [3.8, 4) is 34.3 Å². The molecule has 0 unspecified atom stereocenters. The van der Waals surface area contributed by atoms with E-state index >= 15 is 0 Å². The van der Waals surface area contributed by atoms with Crippen LogP contribution in [0.2, 0.25) is 0 Å². The molecule has 5 nitrogen and oxygen atoms in total. The zero-order chi connectivity index (χ0) is 14.1. The number of aromatic hydroxyl groups is 2. The van der Waals surface area contributed by atoms with Crippen LogP contribution in [0.1, 0.15) is 0 Å². The molecule has 0 aliphatic rings. The Balaban J connectivity index is 1.99. The lowest BCUT2D eigenvalue weighted by Gasteiger charge is -1.97. The van der Waals surface area contributed by atoms with E-state index in [1.54, 1.807) is 0 Å². The Morgan fingerprint density at radius 3 is 2.20 bits per heavy atom. The standard InChI is InChI=1S/C14H9FN2O3/c15-10-3-1-8(2-4-10)13-16-14(20-17-13)9-5-11(18)7-12(19)6-9/h1-7,18-19H. The molecule has 1 heterocycles. The normalized spacial score (nSPS) is 10.7.